The molecule has 0 fully saturated rings. The van der Waals surface area contributed by atoms with Crippen molar-refractivity contribution in [2.45, 2.75) is 6.92 Å². The van der Waals surface area contributed by atoms with E-state index in [1.165, 1.54) is 6.33 Å². The van der Waals surface area contributed by atoms with E-state index in [1.807, 2.05) is 31.2 Å². The first-order valence-electron chi connectivity index (χ1n) is 5.11. The first-order chi connectivity index (χ1) is 7.81. The van der Waals surface area contributed by atoms with Gasteiger partial charge in [0.05, 0.1) is 5.69 Å². The van der Waals surface area contributed by atoms with Crippen molar-refractivity contribution in [1.29, 1.82) is 0 Å². The van der Waals surface area contributed by atoms with E-state index in [0.29, 0.717) is 13.2 Å². The van der Waals surface area contributed by atoms with Crippen LogP contribution in [0.2, 0.25) is 0 Å². The maximum Gasteiger partial charge on any atom is 0.138 e. The van der Waals surface area contributed by atoms with Gasteiger partial charge < -0.3 is 10.5 Å². The summed E-state index contributed by atoms with van der Waals surface area (Å²) in [5.74, 6) is 1.63. The second-order valence-corrected chi connectivity index (χ2v) is 3.35. The summed E-state index contributed by atoms with van der Waals surface area (Å²) in [6.07, 6.45) is 1.53. The minimum atomic E-state index is 0.507. The third-order valence-electron chi connectivity index (χ3n) is 2.17. The standard InChI is InChI=1S/C11H14N4O/c1-9-13-8-14-15(9)10-3-2-4-11(7-10)16-6-5-12/h2-4,7-8H,5-6,12H2,1H3. The summed E-state index contributed by atoms with van der Waals surface area (Å²) in [5.41, 5.74) is 6.32. The van der Waals surface area contributed by atoms with E-state index in [9.17, 15) is 0 Å². The average molecular weight is 218 g/mol. The molecule has 0 aliphatic carbocycles. The monoisotopic (exact) mass is 218 g/mol. The van der Waals surface area contributed by atoms with Gasteiger partial charge >= 0.3 is 0 Å². The van der Waals surface area contributed by atoms with E-state index in [4.69, 9.17) is 10.5 Å². The Bertz CT molecular complexity index is 467. The van der Waals surface area contributed by atoms with Gasteiger partial charge in [-0.1, -0.05) is 6.07 Å². The van der Waals surface area contributed by atoms with Gasteiger partial charge in [-0.25, -0.2) is 9.67 Å². The highest BCUT2D eigenvalue weighted by Crippen LogP contribution is 2.16. The van der Waals surface area contributed by atoms with Crippen LogP contribution in [-0.4, -0.2) is 27.9 Å². The molecule has 0 aliphatic heterocycles. The van der Waals surface area contributed by atoms with Crippen LogP contribution < -0.4 is 10.5 Å². The van der Waals surface area contributed by atoms with Gasteiger partial charge in [-0.2, -0.15) is 5.10 Å². The van der Waals surface area contributed by atoms with Gasteiger partial charge in [0, 0.05) is 12.6 Å². The Morgan fingerprint density at radius 3 is 3.00 bits per heavy atom. The SMILES string of the molecule is Cc1ncnn1-c1cccc(OCCN)c1. The molecule has 0 saturated carbocycles. The predicted octanol–water partition coefficient (Wildman–Crippen LogP) is 0.913. The van der Waals surface area contributed by atoms with Crippen LogP contribution >= 0.6 is 0 Å². The number of aromatic nitrogens is 3. The van der Waals surface area contributed by atoms with Crippen molar-refractivity contribution >= 4 is 0 Å². The van der Waals surface area contributed by atoms with Crippen LogP contribution in [0, 0.1) is 6.92 Å². The third-order valence-corrected chi connectivity index (χ3v) is 2.17. The Balaban J connectivity index is 2.26. The normalized spacial score (nSPS) is 10.4. The van der Waals surface area contributed by atoms with Gasteiger partial charge in [-0.05, 0) is 19.1 Å². The zero-order valence-electron chi connectivity index (χ0n) is 9.13. The van der Waals surface area contributed by atoms with Crippen LogP contribution in [0.1, 0.15) is 5.82 Å². The fourth-order valence-corrected chi connectivity index (χ4v) is 1.43. The molecule has 0 aliphatic rings. The average Bonchev–Trinajstić information content (AvgIpc) is 2.73. The van der Waals surface area contributed by atoms with Gasteiger partial charge in [-0.15, -0.1) is 0 Å². The number of ether oxygens (including phenoxy) is 1. The van der Waals surface area contributed by atoms with Crippen molar-refractivity contribution < 1.29 is 4.74 Å². The van der Waals surface area contributed by atoms with Crippen molar-refractivity contribution in [2.75, 3.05) is 13.2 Å². The molecule has 1 heterocycles. The second-order valence-electron chi connectivity index (χ2n) is 3.35. The number of benzene rings is 1. The lowest BCUT2D eigenvalue weighted by Gasteiger charge is -2.07. The maximum absolute atomic E-state index is 5.45. The van der Waals surface area contributed by atoms with Crippen LogP contribution in [0.25, 0.3) is 5.69 Å². The number of hydrogen-bond donors (Lipinski definition) is 1. The quantitative estimate of drug-likeness (QED) is 0.828. The largest absolute Gasteiger partial charge is 0.492 e. The summed E-state index contributed by atoms with van der Waals surface area (Å²) < 4.78 is 7.21. The maximum atomic E-state index is 5.45. The van der Waals surface area contributed by atoms with E-state index in [2.05, 4.69) is 10.1 Å². The molecule has 5 nitrogen and oxygen atoms in total. The molecular formula is C11H14N4O. The first-order valence-corrected chi connectivity index (χ1v) is 5.11. The van der Waals surface area contributed by atoms with E-state index >= 15 is 0 Å². The topological polar surface area (TPSA) is 66.0 Å². The van der Waals surface area contributed by atoms with Gasteiger partial charge in [-0.3, -0.25) is 0 Å². The zero-order valence-corrected chi connectivity index (χ0v) is 9.13. The van der Waals surface area contributed by atoms with E-state index in [0.717, 1.165) is 17.3 Å². The van der Waals surface area contributed by atoms with Crippen LogP contribution in [0.4, 0.5) is 0 Å². The molecule has 0 bridgehead atoms. The fourth-order valence-electron chi connectivity index (χ4n) is 1.43. The molecule has 2 aromatic rings. The lowest BCUT2D eigenvalue weighted by atomic mass is 10.3. The highest BCUT2D eigenvalue weighted by molar-refractivity contribution is 5.38. The lowest BCUT2D eigenvalue weighted by Crippen LogP contribution is -2.10. The van der Waals surface area contributed by atoms with Crippen molar-refractivity contribution in [1.82, 2.24) is 14.8 Å². The van der Waals surface area contributed by atoms with E-state index in [-0.39, 0.29) is 0 Å². The number of aryl methyl sites for hydroxylation is 1. The number of hydrogen-bond acceptors (Lipinski definition) is 4. The molecule has 5 heteroatoms. The zero-order chi connectivity index (χ0) is 11.4. The first kappa shape index (κ1) is 10.6. The summed E-state index contributed by atoms with van der Waals surface area (Å²) in [6.45, 7) is 2.92. The number of nitrogens with two attached hydrogens (primary N) is 1. The molecule has 1 aromatic heterocycles. The van der Waals surface area contributed by atoms with Gasteiger partial charge in [0.2, 0.25) is 0 Å². The summed E-state index contributed by atoms with van der Waals surface area (Å²) in [4.78, 5) is 4.08. The van der Waals surface area contributed by atoms with Gasteiger partial charge in [0.25, 0.3) is 0 Å². The molecule has 0 spiro atoms. The number of nitrogens with zero attached hydrogens (tertiary/aromatic N) is 3. The molecule has 0 unspecified atom stereocenters. The van der Waals surface area contributed by atoms with E-state index < -0.39 is 0 Å². The molecule has 16 heavy (non-hydrogen) atoms. The molecule has 0 atom stereocenters. The smallest absolute Gasteiger partial charge is 0.138 e. The minimum Gasteiger partial charge on any atom is -0.492 e. The van der Waals surface area contributed by atoms with Crippen LogP contribution in [0.5, 0.6) is 5.75 Å². The van der Waals surface area contributed by atoms with E-state index in [1.54, 1.807) is 4.68 Å². The second kappa shape index (κ2) is 4.76. The lowest BCUT2D eigenvalue weighted by molar-refractivity contribution is 0.328. The Labute approximate surface area is 93.9 Å². The highest BCUT2D eigenvalue weighted by Gasteiger charge is 2.02. The van der Waals surface area contributed by atoms with Crippen LogP contribution in [0.3, 0.4) is 0 Å². The van der Waals surface area contributed by atoms with Crippen molar-refractivity contribution in [2.24, 2.45) is 5.73 Å². The minimum absolute atomic E-state index is 0.507. The molecule has 0 saturated heterocycles. The summed E-state index contributed by atoms with van der Waals surface area (Å²) in [6, 6.07) is 7.68. The van der Waals surface area contributed by atoms with Gasteiger partial charge in [0.15, 0.2) is 0 Å². The van der Waals surface area contributed by atoms with Crippen molar-refractivity contribution in [3.8, 4) is 11.4 Å². The molecule has 2 N–H and O–H groups in total. The molecular weight excluding hydrogens is 204 g/mol. The number of rotatable bonds is 4. The predicted molar refractivity (Wildman–Crippen MR) is 60.6 cm³/mol. The molecule has 84 valence electrons. The van der Waals surface area contributed by atoms with Crippen molar-refractivity contribution in [3.63, 3.8) is 0 Å². The third kappa shape index (κ3) is 2.20. The molecule has 0 amide bonds. The molecule has 1 aromatic carbocycles. The fraction of sp³-hybridized carbons (Fsp3) is 0.273. The summed E-state index contributed by atoms with van der Waals surface area (Å²) in [7, 11) is 0. The van der Waals surface area contributed by atoms with Crippen LogP contribution in [0.15, 0.2) is 30.6 Å². The summed E-state index contributed by atoms with van der Waals surface area (Å²) in [5, 5.41) is 4.13. The Morgan fingerprint density at radius 1 is 1.44 bits per heavy atom. The Morgan fingerprint density at radius 2 is 2.31 bits per heavy atom. The van der Waals surface area contributed by atoms with Crippen molar-refractivity contribution in [3.05, 3.63) is 36.4 Å². The Hall–Kier alpha value is -1.88. The Kier molecular flexibility index (Phi) is 3.16. The molecule has 2 rings (SSSR count). The van der Waals surface area contributed by atoms with Gasteiger partial charge in [0.1, 0.15) is 24.5 Å². The van der Waals surface area contributed by atoms with Crippen LogP contribution in [-0.2, 0) is 0 Å². The highest BCUT2D eigenvalue weighted by atomic mass is 16.5. The summed E-state index contributed by atoms with van der Waals surface area (Å²) >= 11 is 0. The molecule has 0 radical (unpaired) electrons.